The molecule has 2 heterocycles. The second-order valence-corrected chi connectivity index (χ2v) is 8.63. The Morgan fingerprint density at radius 1 is 1.24 bits per heavy atom. The van der Waals surface area contributed by atoms with Crippen LogP contribution in [0.4, 0.5) is 0 Å². The number of amides is 1. The van der Waals surface area contributed by atoms with E-state index < -0.39 is 10.0 Å². The summed E-state index contributed by atoms with van der Waals surface area (Å²) in [5.74, 6) is -0.146. The van der Waals surface area contributed by atoms with E-state index in [0.717, 1.165) is 32.1 Å². The van der Waals surface area contributed by atoms with Gasteiger partial charge in [-0.2, -0.15) is 0 Å². The molecule has 25 heavy (non-hydrogen) atoms. The maximum absolute atomic E-state index is 12.6. The van der Waals surface area contributed by atoms with Gasteiger partial charge in [-0.05, 0) is 50.3 Å². The number of hydrogen-bond donors (Lipinski definition) is 1. The molecule has 2 aliphatic rings. The molecule has 1 aromatic rings. The summed E-state index contributed by atoms with van der Waals surface area (Å²) in [6.07, 6.45) is 4.75. The van der Waals surface area contributed by atoms with Crippen LogP contribution >= 0.6 is 11.6 Å². The van der Waals surface area contributed by atoms with Gasteiger partial charge in [-0.15, -0.1) is 0 Å². The molecule has 3 rings (SSSR count). The summed E-state index contributed by atoms with van der Waals surface area (Å²) in [5.41, 5.74) is 0.351. The number of benzene rings is 1. The van der Waals surface area contributed by atoms with Gasteiger partial charge in [-0.3, -0.25) is 4.79 Å². The number of nitrogens with one attached hydrogen (secondary N) is 1. The van der Waals surface area contributed by atoms with E-state index in [4.69, 9.17) is 16.3 Å². The number of halogens is 1. The Labute approximate surface area is 153 Å². The molecule has 1 unspecified atom stereocenters. The van der Waals surface area contributed by atoms with Gasteiger partial charge >= 0.3 is 0 Å². The van der Waals surface area contributed by atoms with Crippen LogP contribution in [0.25, 0.3) is 0 Å². The molecule has 1 aromatic carbocycles. The maximum atomic E-state index is 12.6. The van der Waals surface area contributed by atoms with Gasteiger partial charge < -0.3 is 9.64 Å². The summed E-state index contributed by atoms with van der Waals surface area (Å²) in [7, 11) is -3.80. The standard InChI is InChI=1S/C17H23ClN2O4S/c18-15-7-6-13(17(21)20-8-2-1-3-9-20)11-16(15)25(22,23)19-12-14-5-4-10-24-14/h6-7,11,14,19H,1-5,8-10,12H2. The molecule has 2 saturated heterocycles. The lowest BCUT2D eigenvalue weighted by atomic mass is 10.1. The third kappa shape index (κ3) is 4.53. The Morgan fingerprint density at radius 2 is 2.00 bits per heavy atom. The zero-order valence-corrected chi connectivity index (χ0v) is 15.6. The second kappa shape index (κ2) is 8.03. The summed E-state index contributed by atoms with van der Waals surface area (Å²) < 4.78 is 33.1. The number of ether oxygens (including phenoxy) is 1. The highest BCUT2D eigenvalue weighted by atomic mass is 35.5. The Morgan fingerprint density at radius 3 is 2.68 bits per heavy atom. The molecule has 2 aliphatic heterocycles. The molecule has 0 radical (unpaired) electrons. The molecule has 0 aromatic heterocycles. The number of carbonyl (C=O) groups excluding carboxylic acids is 1. The number of nitrogens with zero attached hydrogens (tertiary/aromatic N) is 1. The predicted octanol–water partition coefficient (Wildman–Crippen LogP) is 2.42. The minimum atomic E-state index is -3.80. The first-order valence-electron chi connectivity index (χ1n) is 8.67. The monoisotopic (exact) mass is 386 g/mol. The van der Waals surface area contributed by atoms with Crippen LogP contribution in [0.5, 0.6) is 0 Å². The van der Waals surface area contributed by atoms with E-state index in [1.54, 1.807) is 11.0 Å². The topological polar surface area (TPSA) is 75.7 Å². The predicted molar refractivity (Wildman–Crippen MR) is 95.4 cm³/mol. The number of rotatable bonds is 5. The average Bonchev–Trinajstić information content (AvgIpc) is 3.14. The van der Waals surface area contributed by atoms with Crippen molar-refractivity contribution in [2.24, 2.45) is 0 Å². The van der Waals surface area contributed by atoms with E-state index in [-0.39, 0.29) is 28.5 Å². The maximum Gasteiger partial charge on any atom is 0.253 e. The first-order chi connectivity index (χ1) is 12.0. The molecule has 1 atom stereocenters. The van der Waals surface area contributed by atoms with Crippen molar-refractivity contribution in [2.75, 3.05) is 26.2 Å². The molecule has 0 saturated carbocycles. The van der Waals surface area contributed by atoms with Crippen LogP contribution in [-0.4, -0.2) is 51.6 Å². The van der Waals surface area contributed by atoms with Gasteiger partial charge in [0.25, 0.3) is 5.91 Å². The normalized spacial score (nSPS) is 21.5. The molecule has 1 amide bonds. The van der Waals surface area contributed by atoms with Gasteiger partial charge in [0.2, 0.25) is 10.0 Å². The van der Waals surface area contributed by atoms with Crippen LogP contribution in [0.2, 0.25) is 5.02 Å². The van der Waals surface area contributed by atoms with Crippen molar-refractivity contribution in [3.63, 3.8) is 0 Å². The van der Waals surface area contributed by atoms with Gasteiger partial charge in [0.05, 0.1) is 11.1 Å². The van der Waals surface area contributed by atoms with Crippen LogP contribution in [0.3, 0.4) is 0 Å². The quantitative estimate of drug-likeness (QED) is 0.843. The molecular formula is C17H23ClN2O4S. The average molecular weight is 387 g/mol. The van der Waals surface area contributed by atoms with Crippen molar-refractivity contribution in [3.05, 3.63) is 28.8 Å². The number of piperidine rings is 1. The lowest BCUT2D eigenvalue weighted by molar-refractivity contribution is 0.0724. The Hall–Kier alpha value is -1.15. The Balaban J connectivity index is 1.76. The first kappa shape index (κ1) is 18.6. The molecule has 0 aliphatic carbocycles. The number of hydrogen-bond acceptors (Lipinski definition) is 4. The third-order valence-electron chi connectivity index (χ3n) is 4.64. The summed E-state index contributed by atoms with van der Waals surface area (Å²) >= 11 is 6.09. The molecule has 6 nitrogen and oxygen atoms in total. The number of sulfonamides is 1. The van der Waals surface area contributed by atoms with Crippen LogP contribution in [0, 0.1) is 0 Å². The highest BCUT2D eigenvalue weighted by molar-refractivity contribution is 7.89. The fourth-order valence-electron chi connectivity index (χ4n) is 3.21. The van der Waals surface area contributed by atoms with E-state index in [0.29, 0.717) is 25.3 Å². The van der Waals surface area contributed by atoms with Gasteiger partial charge in [0.15, 0.2) is 0 Å². The smallest absolute Gasteiger partial charge is 0.253 e. The van der Waals surface area contributed by atoms with Crippen molar-refractivity contribution in [1.82, 2.24) is 9.62 Å². The van der Waals surface area contributed by atoms with E-state index in [1.165, 1.54) is 12.1 Å². The van der Waals surface area contributed by atoms with E-state index in [1.807, 2.05) is 0 Å². The fourth-order valence-corrected chi connectivity index (χ4v) is 4.80. The van der Waals surface area contributed by atoms with Crippen LogP contribution in [-0.2, 0) is 14.8 Å². The lowest BCUT2D eigenvalue weighted by Crippen LogP contribution is -2.36. The lowest BCUT2D eigenvalue weighted by Gasteiger charge is -2.27. The summed E-state index contributed by atoms with van der Waals surface area (Å²) in [5, 5.41) is 0.107. The van der Waals surface area contributed by atoms with Crippen LogP contribution in [0.1, 0.15) is 42.5 Å². The van der Waals surface area contributed by atoms with Crippen molar-refractivity contribution in [1.29, 1.82) is 0 Å². The van der Waals surface area contributed by atoms with Crippen LogP contribution in [0.15, 0.2) is 23.1 Å². The zero-order valence-electron chi connectivity index (χ0n) is 14.0. The summed E-state index contributed by atoms with van der Waals surface area (Å²) in [6.45, 7) is 2.29. The third-order valence-corrected chi connectivity index (χ3v) is 6.54. The zero-order chi connectivity index (χ0) is 17.9. The van der Waals surface area contributed by atoms with Crippen LogP contribution < -0.4 is 4.72 Å². The Bertz CT molecular complexity index is 726. The van der Waals surface area contributed by atoms with Gasteiger partial charge in [0, 0.05) is 31.8 Å². The first-order valence-corrected chi connectivity index (χ1v) is 10.5. The molecule has 138 valence electrons. The number of carbonyl (C=O) groups is 1. The fraction of sp³-hybridized carbons (Fsp3) is 0.588. The molecular weight excluding hydrogens is 364 g/mol. The van der Waals surface area contributed by atoms with Gasteiger partial charge in [-0.1, -0.05) is 11.6 Å². The van der Waals surface area contributed by atoms with Crippen molar-refractivity contribution in [3.8, 4) is 0 Å². The van der Waals surface area contributed by atoms with E-state index in [9.17, 15) is 13.2 Å². The number of likely N-dealkylation sites (tertiary alicyclic amines) is 1. The molecule has 0 spiro atoms. The highest BCUT2D eigenvalue weighted by Crippen LogP contribution is 2.24. The minimum Gasteiger partial charge on any atom is -0.377 e. The van der Waals surface area contributed by atoms with Gasteiger partial charge in [-0.25, -0.2) is 13.1 Å². The van der Waals surface area contributed by atoms with Gasteiger partial charge in [0.1, 0.15) is 4.90 Å². The van der Waals surface area contributed by atoms with Crippen molar-refractivity contribution >= 4 is 27.5 Å². The van der Waals surface area contributed by atoms with E-state index >= 15 is 0 Å². The molecule has 2 fully saturated rings. The largest absolute Gasteiger partial charge is 0.377 e. The van der Waals surface area contributed by atoms with Crippen molar-refractivity contribution in [2.45, 2.75) is 43.1 Å². The molecule has 1 N–H and O–H groups in total. The molecule has 0 bridgehead atoms. The Kier molecular flexibility index (Phi) is 5.99. The molecule has 8 heteroatoms. The summed E-state index contributed by atoms with van der Waals surface area (Å²) in [4.78, 5) is 14.3. The van der Waals surface area contributed by atoms with Crippen molar-refractivity contribution < 1.29 is 17.9 Å². The second-order valence-electron chi connectivity index (χ2n) is 6.48. The SMILES string of the molecule is O=C(c1ccc(Cl)c(S(=O)(=O)NCC2CCCO2)c1)N1CCCCC1. The minimum absolute atomic E-state index is 0.0602. The summed E-state index contributed by atoms with van der Waals surface area (Å²) in [6, 6.07) is 4.43. The highest BCUT2D eigenvalue weighted by Gasteiger charge is 2.25. The van der Waals surface area contributed by atoms with E-state index in [2.05, 4.69) is 4.72 Å².